The van der Waals surface area contributed by atoms with Crippen LogP contribution >= 0.6 is 11.3 Å². The third kappa shape index (κ3) is 13.6. The van der Waals surface area contributed by atoms with Gasteiger partial charge in [-0.2, -0.15) is 8.42 Å². The van der Waals surface area contributed by atoms with E-state index in [2.05, 4.69) is 21.3 Å². The van der Waals surface area contributed by atoms with Crippen molar-refractivity contribution in [1.29, 1.82) is 0 Å². The summed E-state index contributed by atoms with van der Waals surface area (Å²) in [6.45, 7) is 4.26. The van der Waals surface area contributed by atoms with Crippen molar-refractivity contribution in [2.75, 3.05) is 20.3 Å². The van der Waals surface area contributed by atoms with Crippen LogP contribution in [-0.2, 0) is 70.4 Å². The molecule has 0 radical (unpaired) electrons. The SMILES string of the molecule is CCC[C@H](NC(=O)[C@H](Cc1ccc(CS(=O)(=O)O)cc1)NC(=O)c1c(OCC)ccc2ccccc12)C(=O)N1CCC[C@H]1C(=O)N[C@@H](Cc1csc2ccccc12)C(=O)NCc1cccc(CC(=O)OC)c1. The molecule has 1 saturated heterocycles. The molecule has 7 rings (SSSR count). The zero-order chi connectivity index (χ0) is 51.4. The molecule has 0 saturated carbocycles. The molecule has 1 aliphatic heterocycles. The van der Waals surface area contributed by atoms with Crippen molar-refractivity contribution in [1.82, 2.24) is 26.2 Å². The topological polar surface area (TPSA) is 227 Å². The lowest BCUT2D eigenvalue weighted by molar-refractivity contribution is -0.142. The number of ether oxygens (including phenoxy) is 2. The molecule has 5 aromatic carbocycles. The van der Waals surface area contributed by atoms with Crippen LogP contribution in [0.15, 0.2) is 115 Å². The Bertz CT molecular complexity index is 3050. The summed E-state index contributed by atoms with van der Waals surface area (Å²) in [5.41, 5.74) is 3.40. The van der Waals surface area contributed by atoms with E-state index in [0.29, 0.717) is 41.5 Å². The van der Waals surface area contributed by atoms with Crippen LogP contribution in [0, 0.1) is 0 Å². The summed E-state index contributed by atoms with van der Waals surface area (Å²) in [6.07, 6.45) is 1.65. The van der Waals surface area contributed by atoms with Crippen molar-refractivity contribution in [3.8, 4) is 5.75 Å². The van der Waals surface area contributed by atoms with Gasteiger partial charge in [0, 0.05) is 30.6 Å². The first-order chi connectivity index (χ1) is 34.6. The second-order valence-corrected chi connectivity index (χ2v) is 20.1. The Morgan fingerprint density at radius 1 is 0.764 bits per heavy atom. The van der Waals surface area contributed by atoms with Crippen LogP contribution in [-0.4, -0.2) is 97.8 Å². The number of nitrogens with one attached hydrogen (secondary N) is 4. The van der Waals surface area contributed by atoms with Gasteiger partial charge in [-0.1, -0.05) is 110 Å². The summed E-state index contributed by atoms with van der Waals surface area (Å²) in [6, 6.07) is 27.6. The first kappa shape index (κ1) is 52.7. The maximum Gasteiger partial charge on any atom is 0.309 e. The number of carbonyl (C=O) groups excluding carboxylic acids is 6. The predicted molar refractivity (Wildman–Crippen MR) is 275 cm³/mol. The zero-order valence-corrected chi connectivity index (χ0v) is 42.0. The van der Waals surface area contributed by atoms with Gasteiger partial charge in [0.05, 0.1) is 25.7 Å². The van der Waals surface area contributed by atoms with E-state index in [0.717, 1.165) is 32.2 Å². The number of carbonyl (C=O) groups is 6. The van der Waals surface area contributed by atoms with Crippen molar-refractivity contribution in [3.05, 3.63) is 148 Å². The number of fused-ring (bicyclic) bond motifs is 2. The standard InChI is InChI=1S/C54H59N5O11S2/c1-4-12-42(56-51(62)43(28-34-20-22-35(23-21-34)33-72(66,67)68)58-53(64)49-41-17-7-6-15-38(41)24-25-46(49)70-5-2)54(65)59-26-11-18-45(59)52(63)57-44(30-39-32-71-47-19-9-8-16-40(39)47)50(61)55-31-37-14-10-13-36(27-37)29-48(60)69-3/h6-10,13-17,19-25,27,32,42-45H,4-5,11-12,18,26,28-31,33H2,1-3H3,(H,55,61)(H,56,62)(H,57,63)(H,58,64)(H,66,67,68)/t42-,43-,44-,45-/m0/s1. The normalized spacial score (nSPS) is 14.8. The average Bonchev–Trinajstić information content (AvgIpc) is 4.03. The van der Waals surface area contributed by atoms with E-state index in [1.54, 1.807) is 55.5 Å². The fourth-order valence-corrected chi connectivity index (χ4v) is 10.6. The third-order valence-corrected chi connectivity index (χ3v) is 14.2. The van der Waals surface area contributed by atoms with E-state index in [4.69, 9.17) is 9.47 Å². The predicted octanol–water partition coefficient (Wildman–Crippen LogP) is 6.22. The van der Waals surface area contributed by atoms with Crippen LogP contribution in [0.1, 0.15) is 77.7 Å². The highest BCUT2D eigenvalue weighted by atomic mass is 32.2. The maximum atomic E-state index is 14.7. The molecule has 72 heavy (non-hydrogen) atoms. The van der Waals surface area contributed by atoms with Crippen molar-refractivity contribution in [2.24, 2.45) is 0 Å². The molecule has 5 amide bonds. The minimum Gasteiger partial charge on any atom is -0.493 e. The summed E-state index contributed by atoms with van der Waals surface area (Å²) in [5.74, 6) is -3.43. The monoisotopic (exact) mass is 1020 g/mol. The third-order valence-electron chi connectivity index (χ3n) is 12.5. The molecule has 4 atom stereocenters. The van der Waals surface area contributed by atoms with Gasteiger partial charge in [0.15, 0.2) is 0 Å². The molecule has 1 aliphatic rings. The number of likely N-dealkylation sites (tertiary alicyclic amines) is 1. The van der Waals surface area contributed by atoms with E-state index >= 15 is 0 Å². The van der Waals surface area contributed by atoms with E-state index in [1.807, 2.05) is 60.8 Å². The number of esters is 1. The number of amides is 5. The summed E-state index contributed by atoms with van der Waals surface area (Å²) in [5, 5.41) is 16.0. The molecule has 0 unspecified atom stereocenters. The highest BCUT2D eigenvalue weighted by molar-refractivity contribution is 7.85. The number of rotatable bonds is 22. The first-order valence-corrected chi connectivity index (χ1v) is 26.4. The Morgan fingerprint density at radius 2 is 1.47 bits per heavy atom. The molecule has 0 bridgehead atoms. The van der Waals surface area contributed by atoms with Crippen LogP contribution in [0.2, 0.25) is 0 Å². The number of nitrogens with zero attached hydrogens (tertiary/aromatic N) is 1. The van der Waals surface area contributed by atoms with Gasteiger partial charge in [-0.25, -0.2) is 0 Å². The number of hydrogen-bond acceptors (Lipinski definition) is 11. The molecule has 0 aliphatic carbocycles. The van der Waals surface area contributed by atoms with Gasteiger partial charge >= 0.3 is 5.97 Å². The maximum absolute atomic E-state index is 14.7. The van der Waals surface area contributed by atoms with Crippen molar-refractivity contribution in [2.45, 2.75) is 95.3 Å². The number of thiophene rings is 1. The summed E-state index contributed by atoms with van der Waals surface area (Å²) < 4.78 is 44.3. The van der Waals surface area contributed by atoms with Crippen molar-refractivity contribution in [3.63, 3.8) is 0 Å². The minimum absolute atomic E-state index is 0.0674. The van der Waals surface area contributed by atoms with Gasteiger partial charge in [-0.05, 0) is 87.7 Å². The lowest BCUT2D eigenvalue weighted by Gasteiger charge is -2.30. The molecule has 1 fully saturated rings. The summed E-state index contributed by atoms with van der Waals surface area (Å²) in [4.78, 5) is 85.6. The van der Waals surface area contributed by atoms with E-state index in [1.165, 1.54) is 35.5 Å². The second kappa shape index (κ2) is 24.3. The Labute approximate surface area is 422 Å². The lowest BCUT2D eigenvalue weighted by atomic mass is 10.00. The molecule has 2 heterocycles. The van der Waals surface area contributed by atoms with Gasteiger partial charge < -0.3 is 35.6 Å². The van der Waals surface area contributed by atoms with Crippen LogP contribution < -0.4 is 26.0 Å². The number of methoxy groups -OCH3 is 1. The molecular weight excluding hydrogens is 959 g/mol. The molecule has 6 aromatic rings. The minimum atomic E-state index is -4.31. The quantitative estimate of drug-likeness (QED) is 0.0379. The van der Waals surface area contributed by atoms with E-state index in [9.17, 15) is 41.7 Å². The van der Waals surface area contributed by atoms with Crippen LogP contribution in [0.5, 0.6) is 5.75 Å². The van der Waals surface area contributed by atoms with Gasteiger partial charge in [0.1, 0.15) is 35.7 Å². The Morgan fingerprint density at radius 3 is 2.21 bits per heavy atom. The molecular formula is C54H59N5O11S2. The lowest BCUT2D eigenvalue weighted by Crippen LogP contribution is -2.58. The van der Waals surface area contributed by atoms with Crippen LogP contribution in [0.25, 0.3) is 20.9 Å². The smallest absolute Gasteiger partial charge is 0.309 e. The van der Waals surface area contributed by atoms with Crippen LogP contribution in [0.4, 0.5) is 0 Å². The summed E-state index contributed by atoms with van der Waals surface area (Å²) >= 11 is 1.53. The van der Waals surface area contributed by atoms with Gasteiger partial charge in [-0.15, -0.1) is 11.3 Å². The average molecular weight is 1020 g/mol. The highest BCUT2D eigenvalue weighted by Crippen LogP contribution is 2.30. The fraction of sp³-hybridized carbons (Fsp3) is 0.333. The summed E-state index contributed by atoms with van der Waals surface area (Å²) in [7, 11) is -2.99. The van der Waals surface area contributed by atoms with Gasteiger partial charge in [0.2, 0.25) is 23.6 Å². The largest absolute Gasteiger partial charge is 0.493 e. The van der Waals surface area contributed by atoms with Crippen molar-refractivity contribution < 1.29 is 51.2 Å². The number of hydrogen-bond donors (Lipinski definition) is 5. The van der Waals surface area contributed by atoms with E-state index < -0.39 is 75.5 Å². The molecule has 16 nitrogen and oxygen atoms in total. The zero-order valence-electron chi connectivity index (χ0n) is 40.4. The van der Waals surface area contributed by atoms with E-state index in [-0.39, 0.29) is 50.9 Å². The fourth-order valence-electron chi connectivity index (χ4n) is 9.03. The molecule has 5 N–H and O–H groups in total. The van der Waals surface area contributed by atoms with Gasteiger partial charge in [-0.3, -0.25) is 33.3 Å². The molecule has 18 heteroatoms. The Balaban J connectivity index is 1.11. The molecule has 378 valence electrons. The van der Waals surface area contributed by atoms with Crippen LogP contribution in [0.3, 0.4) is 0 Å². The Kier molecular flexibility index (Phi) is 17.8. The number of benzene rings is 5. The molecule has 0 spiro atoms. The molecule has 1 aromatic heterocycles. The van der Waals surface area contributed by atoms with Gasteiger partial charge in [0.25, 0.3) is 16.0 Å². The van der Waals surface area contributed by atoms with Crippen molar-refractivity contribution >= 4 is 77.8 Å². The first-order valence-electron chi connectivity index (χ1n) is 23.9. The highest BCUT2D eigenvalue weighted by Gasteiger charge is 2.39. The second-order valence-electron chi connectivity index (χ2n) is 17.7. The Hall–Kier alpha value is -7.15.